The molecule has 0 aliphatic heterocycles. The highest BCUT2D eigenvalue weighted by Gasteiger charge is 2.40. The molecule has 1 fully saturated rings. The number of carbonyl (C=O) groups is 1. The van der Waals surface area contributed by atoms with Crippen molar-refractivity contribution in [2.24, 2.45) is 11.8 Å². The molecule has 104 valence electrons. The van der Waals surface area contributed by atoms with Gasteiger partial charge in [-0.1, -0.05) is 37.3 Å². The Kier molecular flexibility index (Phi) is 3.54. The largest absolute Gasteiger partial charge is 0.457 e. The zero-order chi connectivity index (χ0) is 13.9. The second kappa shape index (κ2) is 5.49. The molecule has 4 nitrogen and oxygen atoms in total. The number of ether oxygens (including phenoxy) is 1. The monoisotopic (exact) mass is 270 g/mol. The fraction of sp³-hybridized carbons (Fsp3) is 0.375. The third-order valence-corrected chi connectivity index (χ3v) is 3.75. The van der Waals surface area contributed by atoms with E-state index in [4.69, 9.17) is 4.74 Å². The normalized spacial score (nSPS) is 20.6. The molecule has 2 atom stereocenters. The zero-order valence-electron chi connectivity index (χ0n) is 11.5. The Morgan fingerprint density at radius 3 is 2.85 bits per heavy atom. The Balaban J connectivity index is 1.60. The summed E-state index contributed by atoms with van der Waals surface area (Å²) in [6, 6.07) is 10.2. The summed E-state index contributed by atoms with van der Waals surface area (Å²) in [5, 5.41) is 0. The van der Waals surface area contributed by atoms with E-state index in [0.29, 0.717) is 5.92 Å². The number of imidazole rings is 1. The maximum atomic E-state index is 11.7. The van der Waals surface area contributed by atoms with E-state index in [1.54, 1.807) is 6.20 Å². The Morgan fingerprint density at radius 1 is 1.40 bits per heavy atom. The topological polar surface area (TPSA) is 44.1 Å². The van der Waals surface area contributed by atoms with Gasteiger partial charge in [0, 0.05) is 18.9 Å². The summed E-state index contributed by atoms with van der Waals surface area (Å²) in [6.07, 6.45) is 4.61. The average Bonchev–Trinajstić information content (AvgIpc) is 3.03. The van der Waals surface area contributed by atoms with Crippen LogP contribution < -0.4 is 0 Å². The first-order chi connectivity index (χ1) is 9.74. The zero-order valence-corrected chi connectivity index (χ0v) is 11.5. The highest BCUT2D eigenvalue weighted by molar-refractivity contribution is 5.75. The lowest BCUT2D eigenvalue weighted by Crippen LogP contribution is -2.11. The van der Waals surface area contributed by atoms with E-state index < -0.39 is 0 Å². The van der Waals surface area contributed by atoms with Gasteiger partial charge >= 0.3 is 5.97 Å². The van der Waals surface area contributed by atoms with Gasteiger partial charge in [0.05, 0.1) is 5.92 Å². The third-order valence-electron chi connectivity index (χ3n) is 3.75. The SMILES string of the molecule is CC1CC1C(=O)OCc1nccn1Cc1ccccc1. The van der Waals surface area contributed by atoms with Crippen molar-refractivity contribution in [1.29, 1.82) is 0 Å². The lowest BCUT2D eigenvalue weighted by molar-refractivity contribution is -0.147. The van der Waals surface area contributed by atoms with Crippen LogP contribution in [0.25, 0.3) is 0 Å². The first-order valence-corrected chi connectivity index (χ1v) is 6.94. The van der Waals surface area contributed by atoms with Crippen molar-refractivity contribution in [3.63, 3.8) is 0 Å². The smallest absolute Gasteiger partial charge is 0.309 e. The second-order valence-electron chi connectivity index (χ2n) is 5.38. The molecule has 1 aromatic heterocycles. The van der Waals surface area contributed by atoms with Crippen LogP contribution in [0.2, 0.25) is 0 Å². The molecule has 1 saturated carbocycles. The van der Waals surface area contributed by atoms with E-state index in [1.807, 2.05) is 29.0 Å². The van der Waals surface area contributed by atoms with Gasteiger partial charge in [-0.15, -0.1) is 0 Å². The summed E-state index contributed by atoms with van der Waals surface area (Å²) in [5.74, 6) is 1.28. The van der Waals surface area contributed by atoms with Crippen molar-refractivity contribution >= 4 is 5.97 Å². The lowest BCUT2D eigenvalue weighted by Gasteiger charge is -2.08. The van der Waals surface area contributed by atoms with Crippen LogP contribution in [-0.4, -0.2) is 15.5 Å². The fourth-order valence-electron chi connectivity index (χ4n) is 2.30. The van der Waals surface area contributed by atoms with E-state index in [0.717, 1.165) is 18.8 Å². The molecule has 0 spiro atoms. The molecule has 0 radical (unpaired) electrons. The number of esters is 1. The number of aromatic nitrogens is 2. The van der Waals surface area contributed by atoms with E-state index in [1.165, 1.54) is 5.56 Å². The standard InChI is InChI=1S/C16H18N2O2/c1-12-9-14(12)16(19)20-11-15-17-7-8-18(15)10-13-5-3-2-4-6-13/h2-8,12,14H,9-11H2,1H3. The fourth-order valence-corrected chi connectivity index (χ4v) is 2.30. The summed E-state index contributed by atoms with van der Waals surface area (Å²) < 4.78 is 7.35. The number of nitrogens with zero attached hydrogens (tertiary/aromatic N) is 2. The van der Waals surface area contributed by atoms with Gasteiger partial charge in [0.25, 0.3) is 0 Å². The van der Waals surface area contributed by atoms with Crippen molar-refractivity contribution in [3.05, 3.63) is 54.1 Å². The predicted octanol–water partition coefficient (Wildman–Crippen LogP) is 2.63. The summed E-state index contributed by atoms with van der Waals surface area (Å²) >= 11 is 0. The number of hydrogen-bond acceptors (Lipinski definition) is 3. The Bertz CT molecular complexity index is 592. The minimum absolute atomic E-state index is 0.0910. The Hall–Kier alpha value is -2.10. The molecular weight excluding hydrogens is 252 g/mol. The molecule has 1 aliphatic rings. The van der Waals surface area contributed by atoms with Gasteiger partial charge in [-0.25, -0.2) is 4.98 Å². The number of carbonyl (C=O) groups excluding carboxylic acids is 1. The van der Waals surface area contributed by atoms with Crippen LogP contribution >= 0.6 is 0 Å². The van der Waals surface area contributed by atoms with Crippen molar-refractivity contribution in [3.8, 4) is 0 Å². The minimum atomic E-state index is -0.0910. The quantitative estimate of drug-likeness (QED) is 0.784. The van der Waals surface area contributed by atoms with Crippen molar-refractivity contribution in [2.45, 2.75) is 26.5 Å². The Labute approximate surface area is 118 Å². The molecule has 0 N–H and O–H groups in total. The highest BCUT2D eigenvalue weighted by atomic mass is 16.5. The van der Waals surface area contributed by atoms with Crippen molar-refractivity contribution in [2.75, 3.05) is 0 Å². The summed E-state index contributed by atoms with van der Waals surface area (Å²) in [7, 11) is 0. The third kappa shape index (κ3) is 2.90. The first kappa shape index (κ1) is 12.9. The van der Waals surface area contributed by atoms with Crippen LogP contribution in [0.15, 0.2) is 42.7 Å². The molecule has 1 aromatic carbocycles. The van der Waals surface area contributed by atoms with Crippen LogP contribution in [0.5, 0.6) is 0 Å². The number of benzene rings is 1. The van der Waals surface area contributed by atoms with E-state index in [2.05, 4.69) is 24.0 Å². The van der Waals surface area contributed by atoms with Gasteiger partial charge in [-0.05, 0) is 17.9 Å². The molecule has 2 unspecified atom stereocenters. The number of rotatable bonds is 5. The molecule has 1 heterocycles. The van der Waals surface area contributed by atoms with Crippen LogP contribution in [0.4, 0.5) is 0 Å². The van der Waals surface area contributed by atoms with E-state index in [9.17, 15) is 4.79 Å². The van der Waals surface area contributed by atoms with Gasteiger partial charge in [0.1, 0.15) is 12.4 Å². The summed E-state index contributed by atoms with van der Waals surface area (Å²) in [5.41, 5.74) is 1.20. The van der Waals surface area contributed by atoms with Gasteiger partial charge in [-0.3, -0.25) is 4.79 Å². The van der Waals surface area contributed by atoms with E-state index in [-0.39, 0.29) is 18.5 Å². The van der Waals surface area contributed by atoms with Gasteiger partial charge in [0.15, 0.2) is 0 Å². The van der Waals surface area contributed by atoms with Crippen LogP contribution in [-0.2, 0) is 22.7 Å². The molecule has 0 bridgehead atoms. The highest BCUT2D eigenvalue weighted by Crippen LogP contribution is 2.38. The number of hydrogen-bond donors (Lipinski definition) is 0. The average molecular weight is 270 g/mol. The van der Waals surface area contributed by atoms with E-state index >= 15 is 0 Å². The molecule has 2 aromatic rings. The maximum absolute atomic E-state index is 11.7. The molecule has 4 heteroatoms. The van der Waals surface area contributed by atoms with Crippen molar-refractivity contribution in [1.82, 2.24) is 9.55 Å². The summed E-state index contributed by atoms with van der Waals surface area (Å²) in [4.78, 5) is 16.0. The van der Waals surface area contributed by atoms with Gasteiger partial charge in [-0.2, -0.15) is 0 Å². The summed E-state index contributed by atoms with van der Waals surface area (Å²) in [6.45, 7) is 3.07. The predicted molar refractivity (Wildman–Crippen MR) is 74.8 cm³/mol. The Morgan fingerprint density at radius 2 is 2.15 bits per heavy atom. The molecule has 3 rings (SSSR count). The van der Waals surface area contributed by atoms with Crippen molar-refractivity contribution < 1.29 is 9.53 Å². The first-order valence-electron chi connectivity index (χ1n) is 6.94. The lowest BCUT2D eigenvalue weighted by atomic mass is 10.2. The van der Waals surface area contributed by atoms with Gasteiger partial charge < -0.3 is 9.30 Å². The van der Waals surface area contributed by atoms with Gasteiger partial charge in [0.2, 0.25) is 0 Å². The maximum Gasteiger partial charge on any atom is 0.309 e. The molecular formula is C16H18N2O2. The minimum Gasteiger partial charge on any atom is -0.457 e. The van der Waals surface area contributed by atoms with Crippen LogP contribution in [0.3, 0.4) is 0 Å². The second-order valence-corrected chi connectivity index (χ2v) is 5.38. The molecule has 1 aliphatic carbocycles. The molecule has 0 saturated heterocycles. The molecule has 20 heavy (non-hydrogen) atoms. The molecule has 0 amide bonds. The van der Waals surface area contributed by atoms with Crippen LogP contribution in [0.1, 0.15) is 24.7 Å². The van der Waals surface area contributed by atoms with Crippen LogP contribution in [0, 0.1) is 11.8 Å².